The summed E-state index contributed by atoms with van der Waals surface area (Å²) in [7, 11) is 1.49. The van der Waals surface area contributed by atoms with Crippen LogP contribution in [0.5, 0.6) is 0 Å². The number of hydrogen-bond donors (Lipinski definition) is 2. The van der Waals surface area contributed by atoms with Crippen LogP contribution in [0.15, 0.2) is 12.1 Å². The van der Waals surface area contributed by atoms with Crippen molar-refractivity contribution in [3.8, 4) is 0 Å². The van der Waals surface area contributed by atoms with E-state index in [4.69, 9.17) is 21.4 Å². The van der Waals surface area contributed by atoms with Crippen molar-refractivity contribution in [2.75, 3.05) is 19.5 Å². The van der Waals surface area contributed by atoms with Crippen LogP contribution in [0.25, 0.3) is 0 Å². The Labute approximate surface area is 130 Å². The third-order valence-electron chi connectivity index (χ3n) is 2.35. The van der Waals surface area contributed by atoms with Gasteiger partial charge in [-0.3, -0.25) is 4.79 Å². The van der Waals surface area contributed by atoms with Crippen LogP contribution < -0.4 is 5.32 Å². The molecule has 1 aromatic rings. The van der Waals surface area contributed by atoms with Gasteiger partial charge in [0.1, 0.15) is 6.04 Å². The van der Waals surface area contributed by atoms with Crippen LogP contribution in [-0.2, 0) is 20.1 Å². The number of aliphatic carboxylic acids is 1. The van der Waals surface area contributed by atoms with Crippen molar-refractivity contribution in [1.82, 2.24) is 5.32 Å². The molecule has 0 aliphatic rings. The first kappa shape index (κ1) is 17.3. The molecule has 0 bridgehead atoms. The Morgan fingerprint density at radius 2 is 2.30 bits per heavy atom. The first-order valence-electron chi connectivity index (χ1n) is 5.86. The van der Waals surface area contributed by atoms with E-state index < -0.39 is 12.0 Å². The van der Waals surface area contributed by atoms with Crippen LogP contribution in [0.2, 0.25) is 4.34 Å². The first-order chi connectivity index (χ1) is 9.52. The number of nitrogens with one attached hydrogen (secondary N) is 1. The lowest BCUT2D eigenvalue weighted by Crippen LogP contribution is -2.42. The minimum absolute atomic E-state index is 0.215. The lowest BCUT2D eigenvalue weighted by atomic mass is 10.2. The predicted molar refractivity (Wildman–Crippen MR) is 81.6 cm³/mol. The number of carboxylic acids is 1. The average Bonchev–Trinajstić information content (AvgIpc) is 2.80. The van der Waals surface area contributed by atoms with Gasteiger partial charge in [-0.2, -0.15) is 0 Å². The molecule has 0 saturated heterocycles. The number of amides is 1. The van der Waals surface area contributed by atoms with E-state index >= 15 is 0 Å². The minimum Gasteiger partial charge on any atom is -0.480 e. The number of hydrogen-bond acceptors (Lipinski definition) is 5. The topological polar surface area (TPSA) is 75.6 Å². The van der Waals surface area contributed by atoms with Gasteiger partial charge in [0.05, 0.1) is 10.1 Å². The van der Waals surface area contributed by atoms with Crippen LogP contribution in [0.3, 0.4) is 0 Å². The van der Waals surface area contributed by atoms with E-state index in [1.807, 2.05) is 12.1 Å². The van der Waals surface area contributed by atoms with Gasteiger partial charge in [0, 0.05) is 30.8 Å². The number of carboxylic acid groups (broad SMARTS) is 1. The summed E-state index contributed by atoms with van der Waals surface area (Å²) in [4.78, 5) is 23.7. The Bertz CT molecular complexity index is 452. The second-order valence-corrected chi connectivity index (χ2v) is 6.72. The van der Waals surface area contributed by atoms with E-state index in [9.17, 15) is 9.59 Å². The summed E-state index contributed by atoms with van der Waals surface area (Å²) in [5.41, 5.74) is 0. The number of carbonyl (C=O) groups is 2. The highest BCUT2D eigenvalue weighted by Gasteiger charge is 2.19. The normalized spacial score (nSPS) is 12.1. The zero-order valence-corrected chi connectivity index (χ0v) is 13.3. The summed E-state index contributed by atoms with van der Waals surface area (Å²) in [6.45, 7) is 0.290. The molecule has 5 nitrogen and oxygen atoms in total. The summed E-state index contributed by atoms with van der Waals surface area (Å²) in [5, 5.41) is 11.4. The molecule has 0 aromatic carbocycles. The molecule has 1 rings (SSSR count). The summed E-state index contributed by atoms with van der Waals surface area (Å²) >= 11 is 8.70. The highest BCUT2D eigenvalue weighted by atomic mass is 35.5. The molecule has 20 heavy (non-hydrogen) atoms. The lowest BCUT2D eigenvalue weighted by molar-refractivity contribution is -0.142. The summed E-state index contributed by atoms with van der Waals surface area (Å²) in [6, 6.07) is 2.82. The van der Waals surface area contributed by atoms with Crippen LogP contribution in [0.4, 0.5) is 0 Å². The van der Waals surface area contributed by atoms with Crippen molar-refractivity contribution in [2.24, 2.45) is 0 Å². The number of thioether (sulfide) groups is 1. The van der Waals surface area contributed by atoms with Gasteiger partial charge in [-0.25, -0.2) is 4.79 Å². The summed E-state index contributed by atoms with van der Waals surface area (Å²) in [5.74, 6) is -0.445. The van der Waals surface area contributed by atoms with Crippen molar-refractivity contribution in [3.05, 3.63) is 21.3 Å². The van der Waals surface area contributed by atoms with Gasteiger partial charge in [0.2, 0.25) is 5.91 Å². The Kier molecular flexibility index (Phi) is 7.98. The SMILES string of the molecule is COCCC(NC(=O)CSCc1ccc(Cl)s1)C(=O)O. The van der Waals surface area contributed by atoms with Crippen molar-refractivity contribution >= 4 is 46.6 Å². The van der Waals surface area contributed by atoms with Crippen LogP contribution in [0.1, 0.15) is 11.3 Å². The predicted octanol–water partition coefficient (Wildman–Crippen LogP) is 2.24. The fourth-order valence-corrected chi connectivity index (χ4v) is 3.44. The number of methoxy groups -OCH3 is 1. The van der Waals surface area contributed by atoms with Crippen molar-refractivity contribution in [1.29, 1.82) is 0 Å². The monoisotopic (exact) mass is 337 g/mol. The van der Waals surface area contributed by atoms with Gasteiger partial charge in [0.25, 0.3) is 0 Å². The lowest BCUT2D eigenvalue weighted by Gasteiger charge is -2.13. The fourth-order valence-electron chi connectivity index (χ4n) is 1.40. The Balaban J connectivity index is 2.28. The molecule has 1 heterocycles. The molecule has 1 atom stereocenters. The molecule has 0 spiro atoms. The van der Waals surface area contributed by atoms with Gasteiger partial charge in [-0.15, -0.1) is 23.1 Å². The molecule has 0 aliphatic carbocycles. The molecular formula is C12H16ClNO4S2. The highest BCUT2D eigenvalue weighted by molar-refractivity contribution is 7.99. The van der Waals surface area contributed by atoms with Gasteiger partial charge < -0.3 is 15.2 Å². The summed E-state index contributed by atoms with van der Waals surface area (Å²) in [6.07, 6.45) is 0.253. The second-order valence-electron chi connectivity index (χ2n) is 3.94. The van der Waals surface area contributed by atoms with Crippen LogP contribution in [0, 0.1) is 0 Å². The standard InChI is InChI=1S/C12H16ClNO4S2/c1-18-5-4-9(12(16)17)14-11(15)7-19-6-8-2-3-10(13)20-8/h2-3,9H,4-7H2,1H3,(H,14,15)(H,16,17). The Hall–Kier alpha value is -0.760. The van der Waals surface area contributed by atoms with Gasteiger partial charge in [-0.05, 0) is 12.1 Å². The molecular weight excluding hydrogens is 322 g/mol. The van der Waals surface area contributed by atoms with E-state index in [1.54, 1.807) is 0 Å². The Morgan fingerprint density at radius 1 is 1.55 bits per heavy atom. The smallest absolute Gasteiger partial charge is 0.326 e. The quantitative estimate of drug-likeness (QED) is 0.722. The summed E-state index contributed by atoms with van der Waals surface area (Å²) < 4.78 is 5.53. The molecule has 2 N–H and O–H groups in total. The highest BCUT2D eigenvalue weighted by Crippen LogP contribution is 2.24. The molecule has 112 valence electrons. The van der Waals surface area contributed by atoms with E-state index in [2.05, 4.69) is 5.32 Å². The molecule has 0 fully saturated rings. The van der Waals surface area contributed by atoms with E-state index in [-0.39, 0.29) is 24.7 Å². The van der Waals surface area contributed by atoms with Gasteiger partial charge in [-0.1, -0.05) is 11.6 Å². The molecule has 0 aliphatic heterocycles. The number of ether oxygens (including phenoxy) is 1. The molecule has 8 heteroatoms. The van der Waals surface area contributed by atoms with Gasteiger partial charge in [0.15, 0.2) is 0 Å². The van der Waals surface area contributed by atoms with Crippen molar-refractivity contribution < 1.29 is 19.4 Å². The van der Waals surface area contributed by atoms with Crippen LogP contribution in [-0.4, -0.2) is 42.5 Å². The molecule has 1 aromatic heterocycles. The molecule has 0 saturated carbocycles. The molecule has 0 radical (unpaired) electrons. The minimum atomic E-state index is -1.05. The molecule has 1 unspecified atom stereocenters. The zero-order valence-electron chi connectivity index (χ0n) is 10.9. The van der Waals surface area contributed by atoms with E-state index in [1.165, 1.54) is 30.2 Å². The van der Waals surface area contributed by atoms with Crippen molar-refractivity contribution in [3.63, 3.8) is 0 Å². The first-order valence-corrected chi connectivity index (χ1v) is 8.21. The number of halogens is 1. The third kappa shape index (κ3) is 6.60. The maximum Gasteiger partial charge on any atom is 0.326 e. The number of carbonyl (C=O) groups excluding carboxylic acids is 1. The Morgan fingerprint density at radius 3 is 2.85 bits per heavy atom. The van der Waals surface area contributed by atoms with E-state index in [0.717, 1.165) is 9.21 Å². The van der Waals surface area contributed by atoms with Crippen molar-refractivity contribution in [2.45, 2.75) is 18.2 Å². The third-order valence-corrected chi connectivity index (χ3v) is 4.75. The zero-order chi connectivity index (χ0) is 15.0. The second kappa shape index (κ2) is 9.23. The van der Waals surface area contributed by atoms with E-state index in [0.29, 0.717) is 5.75 Å². The van der Waals surface area contributed by atoms with Gasteiger partial charge >= 0.3 is 5.97 Å². The maximum absolute atomic E-state index is 11.7. The number of rotatable bonds is 9. The average molecular weight is 338 g/mol. The van der Waals surface area contributed by atoms with Crippen LogP contribution >= 0.6 is 34.7 Å². The fraction of sp³-hybridized carbons (Fsp3) is 0.500. The number of thiophene rings is 1. The largest absolute Gasteiger partial charge is 0.480 e. The molecule has 1 amide bonds. The maximum atomic E-state index is 11.7.